The number of unbranched alkanes of at least 4 members (excludes halogenated alkanes) is 1. The fourth-order valence-corrected chi connectivity index (χ4v) is 2.57. The van der Waals surface area contributed by atoms with Gasteiger partial charge in [-0.1, -0.05) is 25.5 Å². The predicted octanol–water partition coefficient (Wildman–Crippen LogP) is 3.96. The van der Waals surface area contributed by atoms with Crippen molar-refractivity contribution >= 4 is 5.78 Å². The Kier molecular flexibility index (Phi) is 6.41. The minimum Gasteiger partial charge on any atom is -0.507 e. The Labute approximate surface area is 147 Å². The molecule has 0 aliphatic rings. The number of ether oxygens (including phenoxy) is 1. The lowest BCUT2D eigenvalue weighted by atomic mass is 9.97. The normalized spacial score (nSPS) is 10.2. The molecule has 5 heteroatoms. The maximum Gasteiger partial charge on any atom is 0.200 e. The summed E-state index contributed by atoms with van der Waals surface area (Å²) in [6.45, 7) is 2.34. The minimum absolute atomic E-state index is 0.118. The molecule has 0 atom stereocenters. The molecule has 0 aromatic heterocycles. The van der Waals surface area contributed by atoms with Crippen LogP contribution in [-0.4, -0.2) is 22.6 Å². The van der Waals surface area contributed by atoms with Gasteiger partial charge in [0.15, 0.2) is 5.78 Å². The van der Waals surface area contributed by atoms with Crippen LogP contribution in [0, 0.1) is 11.3 Å². The number of rotatable bonds is 8. The van der Waals surface area contributed by atoms with Crippen molar-refractivity contribution in [1.29, 1.82) is 5.26 Å². The summed E-state index contributed by atoms with van der Waals surface area (Å²) in [5, 5.41) is 29.0. The number of para-hydroxylation sites is 1. The first-order valence-electron chi connectivity index (χ1n) is 8.27. The highest BCUT2D eigenvalue weighted by atomic mass is 16.5. The van der Waals surface area contributed by atoms with E-state index in [1.54, 1.807) is 18.2 Å². The molecule has 0 unspecified atom stereocenters. The van der Waals surface area contributed by atoms with Crippen LogP contribution < -0.4 is 4.74 Å². The molecule has 25 heavy (non-hydrogen) atoms. The summed E-state index contributed by atoms with van der Waals surface area (Å²) in [5.74, 6) is -0.163. The number of hydrogen-bond acceptors (Lipinski definition) is 5. The molecule has 130 valence electrons. The number of carbonyl (C=O) groups excluding carboxylic acids is 1. The largest absolute Gasteiger partial charge is 0.507 e. The van der Waals surface area contributed by atoms with Gasteiger partial charge in [0.05, 0.1) is 23.8 Å². The molecule has 2 N–H and O–H groups in total. The van der Waals surface area contributed by atoms with Gasteiger partial charge in [0.2, 0.25) is 0 Å². The van der Waals surface area contributed by atoms with Gasteiger partial charge in [0.1, 0.15) is 17.2 Å². The number of hydrogen-bond donors (Lipinski definition) is 2. The van der Waals surface area contributed by atoms with Gasteiger partial charge < -0.3 is 14.9 Å². The molecular formula is C20H21NO4. The van der Waals surface area contributed by atoms with E-state index in [-0.39, 0.29) is 22.6 Å². The number of carbonyl (C=O) groups is 1. The van der Waals surface area contributed by atoms with Crippen molar-refractivity contribution in [3.05, 3.63) is 53.1 Å². The van der Waals surface area contributed by atoms with E-state index in [2.05, 4.69) is 6.07 Å². The first kappa shape index (κ1) is 18.3. The van der Waals surface area contributed by atoms with E-state index < -0.39 is 5.78 Å². The molecule has 2 aromatic rings. The molecule has 0 heterocycles. The average molecular weight is 339 g/mol. The van der Waals surface area contributed by atoms with Crippen molar-refractivity contribution in [1.82, 2.24) is 0 Å². The molecule has 2 rings (SSSR count). The smallest absolute Gasteiger partial charge is 0.200 e. The third-order valence-corrected chi connectivity index (χ3v) is 3.82. The number of aromatic hydroxyl groups is 2. The molecule has 0 bridgehead atoms. The van der Waals surface area contributed by atoms with Crippen LogP contribution in [0.3, 0.4) is 0 Å². The van der Waals surface area contributed by atoms with Crippen LogP contribution in [0.1, 0.15) is 47.7 Å². The Morgan fingerprint density at radius 2 is 1.92 bits per heavy atom. The van der Waals surface area contributed by atoms with E-state index in [9.17, 15) is 15.0 Å². The summed E-state index contributed by atoms with van der Waals surface area (Å²) in [7, 11) is 0. The molecule has 0 radical (unpaired) electrons. The Morgan fingerprint density at radius 1 is 1.16 bits per heavy atom. The van der Waals surface area contributed by atoms with Gasteiger partial charge in [-0.25, -0.2) is 0 Å². The molecule has 2 aromatic carbocycles. The fourth-order valence-electron chi connectivity index (χ4n) is 2.57. The Hall–Kier alpha value is -3.00. The molecule has 5 nitrogen and oxygen atoms in total. The van der Waals surface area contributed by atoms with E-state index in [1.807, 2.05) is 6.92 Å². The third kappa shape index (κ3) is 4.30. The second-order valence-corrected chi connectivity index (χ2v) is 5.64. The maximum absolute atomic E-state index is 12.7. The van der Waals surface area contributed by atoms with E-state index >= 15 is 0 Å². The fraction of sp³-hybridized carbons (Fsp3) is 0.300. The number of phenols is 2. The number of nitriles is 1. The zero-order valence-electron chi connectivity index (χ0n) is 14.2. The first-order valence-corrected chi connectivity index (χ1v) is 8.27. The second-order valence-electron chi connectivity index (χ2n) is 5.64. The van der Waals surface area contributed by atoms with Crippen molar-refractivity contribution in [3.63, 3.8) is 0 Å². The molecule has 0 spiro atoms. The lowest BCUT2D eigenvalue weighted by Crippen LogP contribution is -2.06. The van der Waals surface area contributed by atoms with Gasteiger partial charge in [-0.3, -0.25) is 4.79 Å². The van der Waals surface area contributed by atoms with E-state index in [0.717, 1.165) is 6.42 Å². The van der Waals surface area contributed by atoms with Crippen molar-refractivity contribution in [2.24, 2.45) is 0 Å². The van der Waals surface area contributed by atoms with Gasteiger partial charge in [0.25, 0.3) is 0 Å². The molecular weight excluding hydrogens is 318 g/mol. The summed E-state index contributed by atoms with van der Waals surface area (Å²) in [5.41, 5.74) is 0.845. The van der Waals surface area contributed by atoms with Gasteiger partial charge >= 0.3 is 0 Å². The Bertz CT molecular complexity index is 793. The predicted molar refractivity (Wildman–Crippen MR) is 94.0 cm³/mol. The van der Waals surface area contributed by atoms with Crippen LogP contribution in [0.15, 0.2) is 36.4 Å². The summed E-state index contributed by atoms with van der Waals surface area (Å²) in [4.78, 5) is 12.7. The molecule has 0 amide bonds. The zero-order valence-corrected chi connectivity index (χ0v) is 14.2. The van der Waals surface area contributed by atoms with Crippen LogP contribution in [0.4, 0.5) is 0 Å². The van der Waals surface area contributed by atoms with Crippen molar-refractivity contribution < 1.29 is 19.7 Å². The number of phenolic OH excluding ortho intramolecular Hbond substituents is 2. The van der Waals surface area contributed by atoms with Crippen molar-refractivity contribution in [2.45, 2.75) is 32.6 Å². The molecule has 0 aliphatic carbocycles. The summed E-state index contributed by atoms with van der Waals surface area (Å²) in [6, 6.07) is 11.5. The highest BCUT2D eigenvalue weighted by molar-refractivity contribution is 6.12. The van der Waals surface area contributed by atoms with Crippen LogP contribution in [0.5, 0.6) is 17.2 Å². The third-order valence-electron chi connectivity index (χ3n) is 3.82. The number of nitrogens with zero attached hydrogens (tertiary/aromatic N) is 1. The van der Waals surface area contributed by atoms with E-state index in [1.165, 1.54) is 18.2 Å². The molecule has 0 saturated heterocycles. The Balaban J connectivity index is 2.34. The SMILES string of the molecule is CCCc1c(OCCCC#N)ccc(C(=O)c2ccccc2O)c1O. The van der Waals surface area contributed by atoms with Crippen LogP contribution in [-0.2, 0) is 6.42 Å². The summed E-state index contributed by atoms with van der Waals surface area (Å²) in [6.07, 6.45) is 2.33. The van der Waals surface area contributed by atoms with Crippen molar-refractivity contribution in [2.75, 3.05) is 6.61 Å². The summed E-state index contributed by atoms with van der Waals surface area (Å²) < 4.78 is 5.66. The minimum atomic E-state index is -0.441. The maximum atomic E-state index is 12.7. The quantitative estimate of drug-likeness (QED) is 0.561. The van der Waals surface area contributed by atoms with E-state index in [0.29, 0.717) is 37.2 Å². The molecule has 0 aliphatic heterocycles. The second kappa shape index (κ2) is 8.74. The average Bonchev–Trinajstić information content (AvgIpc) is 2.61. The highest BCUT2D eigenvalue weighted by Gasteiger charge is 2.21. The number of ketones is 1. The monoisotopic (exact) mass is 339 g/mol. The lowest BCUT2D eigenvalue weighted by Gasteiger charge is -2.15. The van der Waals surface area contributed by atoms with Gasteiger partial charge in [0, 0.05) is 12.0 Å². The van der Waals surface area contributed by atoms with Gasteiger partial charge in [-0.15, -0.1) is 0 Å². The van der Waals surface area contributed by atoms with Crippen LogP contribution in [0.25, 0.3) is 0 Å². The zero-order chi connectivity index (χ0) is 18.2. The first-order chi connectivity index (χ1) is 12.1. The number of benzene rings is 2. The van der Waals surface area contributed by atoms with E-state index in [4.69, 9.17) is 10.00 Å². The van der Waals surface area contributed by atoms with Crippen LogP contribution >= 0.6 is 0 Å². The lowest BCUT2D eigenvalue weighted by molar-refractivity contribution is 0.103. The highest BCUT2D eigenvalue weighted by Crippen LogP contribution is 2.35. The van der Waals surface area contributed by atoms with Crippen LogP contribution in [0.2, 0.25) is 0 Å². The van der Waals surface area contributed by atoms with Crippen molar-refractivity contribution in [3.8, 4) is 23.3 Å². The Morgan fingerprint density at radius 3 is 2.60 bits per heavy atom. The topological polar surface area (TPSA) is 90.5 Å². The van der Waals surface area contributed by atoms with Gasteiger partial charge in [-0.2, -0.15) is 5.26 Å². The standard InChI is InChI=1S/C20H21NO4/c1-2-7-15-18(25-13-6-5-12-21)11-10-16(20(15)24)19(23)14-8-3-4-9-17(14)22/h3-4,8-11,22,24H,2,5-7,13H2,1H3. The summed E-state index contributed by atoms with van der Waals surface area (Å²) >= 11 is 0. The molecule has 0 fully saturated rings. The molecule has 0 saturated carbocycles. The van der Waals surface area contributed by atoms with Gasteiger partial charge in [-0.05, 0) is 37.1 Å².